The summed E-state index contributed by atoms with van der Waals surface area (Å²) in [6.07, 6.45) is 7.81. The number of amides is 1. The van der Waals surface area contributed by atoms with E-state index in [1.165, 1.54) is 24.0 Å². The fraction of sp³-hybridized carbons (Fsp3) is 0.618. The summed E-state index contributed by atoms with van der Waals surface area (Å²) in [5.41, 5.74) is 4.12. The maximum atomic E-state index is 13.3. The molecule has 1 N–H and O–H groups in total. The van der Waals surface area contributed by atoms with Gasteiger partial charge in [-0.3, -0.25) is 9.52 Å². The van der Waals surface area contributed by atoms with Gasteiger partial charge < -0.3 is 9.64 Å². The van der Waals surface area contributed by atoms with Crippen LogP contribution < -0.4 is 14.4 Å². The van der Waals surface area contributed by atoms with Crippen LogP contribution in [0, 0.1) is 35.5 Å². The van der Waals surface area contributed by atoms with E-state index in [2.05, 4.69) is 35.6 Å². The maximum Gasteiger partial charge on any atom is 0.263 e. The van der Waals surface area contributed by atoms with Crippen LogP contribution in [-0.2, 0) is 22.8 Å². The van der Waals surface area contributed by atoms with Crippen molar-refractivity contribution in [1.82, 2.24) is 4.72 Å². The van der Waals surface area contributed by atoms with Gasteiger partial charge in [-0.25, -0.2) is 4.21 Å². The van der Waals surface area contributed by atoms with Crippen molar-refractivity contribution in [3.8, 4) is 5.75 Å². The van der Waals surface area contributed by atoms with Gasteiger partial charge in [-0.1, -0.05) is 31.5 Å². The number of fused-ring (bicyclic) bond motifs is 5. The Morgan fingerprint density at radius 1 is 1.02 bits per heavy atom. The van der Waals surface area contributed by atoms with Crippen molar-refractivity contribution in [2.75, 3.05) is 24.6 Å². The van der Waals surface area contributed by atoms with E-state index in [0.29, 0.717) is 29.9 Å². The van der Waals surface area contributed by atoms with Gasteiger partial charge in [-0.2, -0.15) is 0 Å². The number of ether oxygens (including phenoxy) is 1. The summed E-state index contributed by atoms with van der Waals surface area (Å²) in [5.74, 6) is 4.88. The first-order chi connectivity index (χ1) is 19.7. The molecule has 0 saturated heterocycles. The highest BCUT2D eigenvalue weighted by Crippen LogP contribution is 2.59. The van der Waals surface area contributed by atoms with Gasteiger partial charge >= 0.3 is 0 Å². The second kappa shape index (κ2) is 10.6. The lowest BCUT2D eigenvalue weighted by Crippen LogP contribution is -2.49. The molecule has 2 fully saturated rings. The van der Waals surface area contributed by atoms with Crippen LogP contribution in [0.1, 0.15) is 80.8 Å². The summed E-state index contributed by atoms with van der Waals surface area (Å²) in [4.78, 5) is 15.9. The Hall–Kier alpha value is -2.05. The average molecular weight is 595 g/mol. The molecule has 7 heteroatoms. The van der Waals surface area contributed by atoms with Crippen molar-refractivity contribution in [3.05, 3.63) is 58.1 Å². The third-order valence-corrected chi connectivity index (χ3v) is 13.2. The number of rotatable bonds is 0. The minimum absolute atomic E-state index is 0.0625. The zero-order valence-electron chi connectivity index (χ0n) is 24.5. The summed E-state index contributed by atoms with van der Waals surface area (Å²) in [6, 6.07) is 12.2. The van der Waals surface area contributed by atoms with E-state index in [9.17, 15) is 9.00 Å². The van der Waals surface area contributed by atoms with Gasteiger partial charge in [0, 0.05) is 29.1 Å². The maximum absolute atomic E-state index is 13.3. The number of hydrogen-bond acceptors (Lipinski definition) is 4. The van der Waals surface area contributed by atoms with Gasteiger partial charge in [0.25, 0.3) is 5.91 Å². The number of carbonyl (C=O) groups excluding carboxylic acids is 1. The second-order valence-electron chi connectivity index (χ2n) is 13.9. The van der Waals surface area contributed by atoms with Crippen LogP contribution in [0.25, 0.3) is 0 Å². The average Bonchev–Trinajstić information content (AvgIpc) is 3.63. The molecular weight excluding hydrogens is 552 g/mol. The Labute approximate surface area is 252 Å². The van der Waals surface area contributed by atoms with Crippen LogP contribution in [0.4, 0.5) is 5.69 Å². The SMILES string of the molecule is CC1C2CCC2CN2C[C@@]3(CCCc4cc(Cl)ccc43)COc3ccc(cc32)C(=O)NS(=O)C(C)CCC2C1[C@H]2C. The largest absolute Gasteiger partial charge is 0.490 e. The molecule has 2 saturated carbocycles. The fourth-order valence-electron chi connectivity index (χ4n) is 9.03. The second-order valence-corrected chi connectivity index (χ2v) is 15.9. The molecule has 5 nitrogen and oxygen atoms in total. The number of anilines is 1. The predicted molar refractivity (Wildman–Crippen MR) is 166 cm³/mol. The molecule has 5 aliphatic rings. The molecule has 7 rings (SSSR count). The van der Waals surface area contributed by atoms with Crippen LogP contribution in [0.3, 0.4) is 0 Å². The van der Waals surface area contributed by atoms with Crippen LogP contribution in [0.2, 0.25) is 5.02 Å². The number of benzene rings is 2. The van der Waals surface area contributed by atoms with E-state index in [1.54, 1.807) is 0 Å². The van der Waals surface area contributed by atoms with E-state index < -0.39 is 11.0 Å². The highest BCUT2D eigenvalue weighted by Gasteiger charge is 2.53. The molecule has 2 aromatic rings. The third kappa shape index (κ3) is 4.91. The van der Waals surface area contributed by atoms with Crippen LogP contribution in [0.5, 0.6) is 5.75 Å². The molecule has 2 heterocycles. The molecule has 0 radical (unpaired) electrons. The van der Waals surface area contributed by atoms with E-state index in [4.69, 9.17) is 16.3 Å². The normalized spacial score (nSPS) is 38.3. The molecule has 1 amide bonds. The summed E-state index contributed by atoms with van der Waals surface area (Å²) in [5, 5.41) is 0.734. The van der Waals surface area contributed by atoms with Crippen molar-refractivity contribution >= 4 is 34.2 Å². The molecule has 0 aromatic heterocycles. The van der Waals surface area contributed by atoms with Crippen LogP contribution >= 0.6 is 11.6 Å². The molecule has 41 heavy (non-hydrogen) atoms. The van der Waals surface area contributed by atoms with E-state index in [-0.39, 0.29) is 16.6 Å². The van der Waals surface area contributed by atoms with Crippen molar-refractivity contribution in [3.63, 3.8) is 0 Å². The topological polar surface area (TPSA) is 58.6 Å². The Bertz CT molecular complexity index is 1380. The number of carbonyl (C=O) groups is 1. The Morgan fingerprint density at radius 2 is 1.83 bits per heavy atom. The van der Waals surface area contributed by atoms with Crippen molar-refractivity contribution < 1.29 is 13.7 Å². The van der Waals surface area contributed by atoms with Crippen molar-refractivity contribution in [1.29, 1.82) is 0 Å². The molecule has 9 atom stereocenters. The lowest BCUT2D eigenvalue weighted by Gasteiger charge is -2.46. The van der Waals surface area contributed by atoms with Crippen LogP contribution in [0.15, 0.2) is 36.4 Å². The van der Waals surface area contributed by atoms with E-state index >= 15 is 0 Å². The first-order valence-electron chi connectivity index (χ1n) is 15.8. The van der Waals surface area contributed by atoms with E-state index in [1.807, 2.05) is 31.2 Å². The minimum Gasteiger partial charge on any atom is -0.490 e. The van der Waals surface area contributed by atoms with Crippen molar-refractivity contribution in [2.45, 2.75) is 76.4 Å². The highest BCUT2D eigenvalue weighted by molar-refractivity contribution is 7.84. The lowest BCUT2D eigenvalue weighted by molar-refractivity contribution is 0.0972. The van der Waals surface area contributed by atoms with Gasteiger partial charge in [-0.15, -0.1) is 0 Å². The van der Waals surface area contributed by atoms with Gasteiger partial charge in [0.05, 0.1) is 17.5 Å². The van der Waals surface area contributed by atoms with Gasteiger partial charge in [0.1, 0.15) is 16.7 Å². The molecular formula is C34H43ClN2O3S. The summed E-state index contributed by atoms with van der Waals surface area (Å²) in [6.45, 7) is 9.39. The molecule has 7 unspecified atom stereocenters. The monoisotopic (exact) mass is 594 g/mol. The first-order valence-corrected chi connectivity index (χ1v) is 17.4. The summed E-state index contributed by atoms with van der Waals surface area (Å²) in [7, 11) is -1.41. The Kier molecular flexibility index (Phi) is 7.17. The molecule has 2 bridgehead atoms. The first kappa shape index (κ1) is 27.8. The molecule has 2 aliphatic heterocycles. The van der Waals surface area contributed by atoms with Gasteiger partial charge in [-0.05, 0) is 129 Å². The lowest BCUT2D eigenvalue weighted by atomic mass is 9.65. The third-order valence-electron chi connectivity index (χ3n) is 11.6. The molecule has 3 aliphatic carbocycles. The number of aryl methyl sites for hydroxylation is 1. The number of hydrogen-bond donors (Lipinski definition) is 1. The number of halogens is 1. The molecule has 2 aromatic carbocycles. The van der Waals surface area contributed by atoms with Gasteiger partial charge in [0.2, 0.25) is 0 Å². The highest BCUT2D eigenvalue weighted by atomic mass is 35.5. The Balaban J connectivity index is 1.28. The summed E-state index contributed by atoms with van der Waals surface area (Å²) < 4.78 is 22.6. The smallest absolute Gasteiger partial charge is 0.263 e. The standard InChI is InChI=1S/C34H43ClN2O3S/c1-20-6-10-28-22(3)32(28)21(2)27-11-7-25(27)17-37-18-34(14-4-5-23-15-26(35)9-12-29(23)34)19-40-31-13-8-24(16-30(31)37)33(38)36-41(20)39/h8-9,12-13,15-16,20-22,25,27-28,32H,4-7,10-11,14,17-19H2,1-3H3,(H,36,38)/t20?,21?,22-,25?,27?,28?,32?,34-,41?/m0/s1. The fourth-order valence-corrected chi connectivity index (χ4v) is 10.1. The zero-order chi connectivity index (χ0) is 28.5. The minimum atomic E-state index is -1.41. The van der Waals surface area contributed by atoms with Gasteiger partial charge in [0.15, 0.2) is 0 Å². The van der Waals surface area contributed by atoms with Crippen LogP contribution in [-0.4, -0.2) is 35.1 Å². The van der Waals surface area contributed by atoms with E-state index in [0.717, 1.165) is 79.4 Å². The molecule has 1 spiro atoms. The number of nitrogens with one attached hydrogen (secondary N) is 1. The van der Waals surface area contributed by atoms with Crippen molar-refractivity contribution in [2.24, 2.45) is 35.5 Å². The quantitative estimate of drug-likeness (QED) is 0.359. The summed E-state index contributed by atoms with van der Waals surface area (Å²) >= 11 is 6.44. The zero-order valence-corrected chi connectivity index (χ0v) is 26.1. The number of nitrogens with zero attached hydrogens (tertiary/aromatic N) is 1. The predicted octanol–water partition coefficient (Wildman–Crippen LogP) is 6.93. The molecule has 220 valence electrons. The Morgan fingerprint density at radius 3 is 2.63 bits per heavy atom.